The van der Waals surface area contributed by atoms with Gasteiger partial charge in [0, 0.05) is 6.20 Å². The maximum Gasteiger partial charge on any atom is 0.142 e. The second kappa shape index (κ2) is 5.80. The van der Waals surface area contributed by atoms with Crippen molar-refractivity contribution in [2.24, 2.45) is 5.16 Å². The third-order valence-corrected chi connectivity index (χ3v) is 2.31. The fourth-order valence-electron chi connectivity index (χ4n) is 1.40. The summed E-state index contributed by atoms with van der Waals surface area (Å²) in [5.41, 5.74) is 2.71. The highest BCUT2D eigenvalue weighted by atomic mass is 16.6. The van der Waals surface area contributed by atoms with E-state index < -0.39 is 0 Å². The average Bonchev–Trinajstić information content (AvgIpc) is 2.41. The van der Waals surface area contributed by atoms with Crippen LogP contribution in [-0.4, -0.2) is 10.7 Å². The molecule has 1 aromatic carbocycles. The normalized spacial score (nSPS) is 11.2. The Morgan fingerprint density at radius 1 is 1.12 bits per heavy atom. The SMILES string of the molecule is C/C(=N/OCc1ccccc1)c1ccccn1. The van der Waals surface area contributed by atoms with Gasteiger partial charge in [0.1, 0.15) is 12.3 Å². The molecule has 0 atom stereocenters. The first-order valence-electron chi connectivity index (χ1n) is 5.48. The molecule has 0 aliphatic rings. The Labute approximate surface area is 101 Å². The Morgan fingerprint density at radius 3 is 2.59 bits per heavy atom. The number of benzene rings is 1. The lowest BCUT2D eigenvalue weighted by Crippen LogP contribution is -1.99. The molecule has 1 heterocycles. The topological polar surface area (TPSA) is 34.5 Å². The highest BCUT2D eigenvalue weighted by Gasteiger charge is 1.97. The molecular formula is C14H14N2O. The Morgan fingerprint density at radius 2 is 1.88 bits per heavy atom. The molecule has 3 heteroatoms. The van der Waals surface area contributed by atoms with Crippen LogP contribution in [0.4, 0.5) is 0 Å². The van der Waals surface area contributed by atoms with Crippen molar-refractivity contribution in [1.29, 1.82) is 0 Å². The predicted octanol–water partition coefficient (Wildman–Crippen LogP) is 3.02. The van der Waals surface area contributed by atoms with E-state index in [0.717, 1.165) is 17.0 Å². The number of oxime groups is 1. The van der Waals surface area contributed by atoms with Gasteiger partial charge in [-0.3, -0.25) is 4.98 Å². The molecule has 3 nitrogen and oxygen atoms in total. The standard InChI is InChI=1S/C14H14N2O/c1-12(14-9-5-6-10-15-14)16-17-11-13-7-3-2-4-8-13/h2-10H,11H2,1H3/b16-12-. The van der Waals surface area contributed by atoms with Crippen molar-refractivity contribution in [2.75, 3.05) is 0 Å². The van der Waals surface area contributed by atoms with Gasteiger partial charge in [-0.25, -0.2) is 0 Å². The molecule has 0 bridgehead atoms. The van der Waals surface area contributed by atoms with Crippen molar-refractivity contribution < 1.29 is 4.84 Å². The molecular weight excluding hydrogens is 212 g/mol. The summed E-state index contributed by atoms with van der Waals surface area (Å²) in [5.74, 6) is 0. The summed E-state index contributed by atoms with van der Waals surface area (Å²) in [6, 6.07) is 15.7. The van der Waals surface area contributed by atoms with E-state index in [1.54, 1.807) is 6.20 Å². The van der Waals surface area contributed by atoms with Crippen LogP contribution in [-0.2, 0) is 11.4 Å². The van der Waals surface area contributed by atoms with Crippen molar-refractivity contribution >= 4 is 5.71 Å². The molecule has 0 aliphatic carbocycles. The summed E-state index contributed by atoms with van der Waals surface area (Å²) in [7, 11) is 0. The third kappa shape index (κ3) is 3.41. The number of hydrogen-bond acceptors (Lipinski definition) is 3. The van der Waals surface area contributed by atoms with Gasteiger partial charge in [-0.2, -0.15) is 0 Å². The predicted molar refractivity (Wildman–Crippen MR) is 67.7 cm³/mol. The fraction of sp³-hybridized carbons (Fsp3) is 0.143. The van der Waals surface area contributed by atoms with Gasteiger partial charge >= 0.3 is 0 Å². The van der Waals surface area contributed by atoms with E-state index in [-0.39, 0.29) is 0 Å². The van der Waals surface area contributed by atoms with E-state index in [1.807, 2.05) is 55.5 Å². The number of hydrogen-bond donors (Lipinski definition) is 0. The number of rotatable bonds is 4. The number of aromatic nitrogens is 1. The highest BCUT2D eigenvalue weighted by Crippen LogP contribution is 2.02. The molecule has 0 unspecified atom stereocenters. The molecule has 0 aliphatic heterocycles. The first-order chi connectivity index (χ1) is 8.36. The van der Waals surface area contributed by atoms with Crippen molar-refractivity contribution in [3.63, 3.8) is 0 Å². The van der Waals surface area contributed by atoms with E-state index in [0.29, 0.717) is 6.61 Å². The molecule has 0 N–H and O–H groups in total. The lowest BCUT2D eigenvalue weighted by atomic mass is 10.2. The zero-order valence-electron chi connectivity index (χ0n) is 9.71. The lowest BCUT2D eigenvalue weighted by Gasteiger charge is -2.01. The summed E-state index contributed by atoms with van der Waals surface area (Å²) in [5, 5.41) is 4.04. The summed E-state index contributed by atoms with van der Waals surface area (Å²) >= 11 is 0. The van der Waals surface area contributed by atoms with E-state index in [2.05, 4.69) is 10.1 Å². The van der Waals surface area contributed by atoms with Gasteiger partial charge in [-0.15, -0.1) is 0 Å². The lowest BCUT2D eigenvalue weighted by molar-refractivity contribution is 0.130. The van der Waals surface area contributed by atoms with Crippen molar-refractivity contribution in [1.82, 2.24) is 4.98 Å². The Kier molecular flexibility index (Phi) is 3.86. The quantitative estimate of drug-likeness (QED) is 0.593. The van der Waals surface area contributed by atoms with Crippen LogP contribution in [0.25, 0.3) is 0 Å². The zero-order chi connectivity index (χ0) is 11.9. The summed E-state index contributed by atoms with van der Waals surface area (Å²) in [6.45, 7) is 2.36. The molecule has 0 spiro atoms. The Hall–Kier alpha value is -2.16. The average molecular weight is 226 g/mol. The van der Waals surface area contributed by atoms with Crippen LogP contribution in [0.15, 0.2) is 59.9 Å². The van der Waals surface area contributed by atoms with Gasteiger partial charge in [0.15, 0.2) is 0 Å². The first kappa shape index (κ1) is 11.3. The number of nitrogens with zero attached hydrogens (tertiary/aromatic N) is 2. The molecule has 0 saturated heterocycles. The monoisotopic (exact) mass is 226 g/mol. The summed E-state index contributed by atoms with van der Waals surface area (Å²) < 4.78 is 0. The van der Waals surface area contributed by atoms with Crippen molar-refractivity contribution in [2.45, 2.75) is 13.5 Å². The van der Waals surface area contributed by atoms with Crippen LogP contribution < -0.4 is 0 Å². The van der Waals surface area contributed by atoms with Gasteiger partial charge < -0.3 is 4.84 Å². The maximum atomic E-state index is 5.28. The van der Waals surface area contributed by atoms with E-state index in [9.17, 15) is 0 Å². The smallest absolute Gasteiger partial charge is 0.142 e. The summed E-state index contributed by atoms with van der Waals surface area (Å²) in [4.78, 5) is 9.48. The third-order valence-electron chi connectivity index (χ3n) is 2.31. The zero-order valence-corrected chi connectivity index (χ0v) is 9.71. The minimum atomic E-state index is 0.477. The first-order valence-corrected chi connectivity index (χ1v) is 5.48. The molecule has 0 amide bonds. The Balaban J connectivity index is 1.93. The van der Waals surface area contributed by atoms with Crippen LogP contribution in [0.2, 0.25) is 0 Å². The molecule has 2 aromatic rings. The second-order valence-corrected chi connectivity index (χ2v) is 3.65. The van der Waals surface area contributed by atoms with E-state index >= 15 is 0 Å². The summed E-state index contributed by atoms with van der Waals surface area (Å²) in [6.07, 6.45) is 1.74. The van der Waals surface area contributed by atoms with Gasteiger partial charge in [-0.1, -0.05) is 41.6 Å². The fourth-order valence-corrected chi connectivity index (χ4v) is 1.40. The molecule has 1 aromatic heterocycles. The Bertz CT molecular complexity index is 480. The van der Waals surface area contributed by atoms with Crippen LogP contribution in [0.3, 0.4) is 0 Å². The minimum absolute atomic E-state index is 0.477. The second-order valence-electron chi connectivity index (χ2n) is 3.65. The van der Waals surface area contributed by atoms with E-state index in [1.165, 1.54) is 0 Å². The molecule has 86 valence electrons. The molecule has 2 rings (SSSR count). The number of pyridine rings is 1. The van der Waals surface area contributed by atoms with Gasteiger partial charge in [0.25, 0.3) is 0 Å². The van der Waals surface area contributed by atoms with Crippen LogP contribution >= 0.6 is 0 Å². The van der Waals surface area contributed by atoms with Crippen LogP contribution in [0.1, 0.15) is 18.2 Å². The van der Waals surface area contributed by atoms with Crippen LogP contribution in [0.5, 0.6) is 0 Å². The van der Waals surface area contributed by atoms with Crippen LogP contribution in [0, 0.1) is 0 Å². The minimum Gasteiger partial charge on any atom is -0.391 e. The van der Waals surface area contributed by atoms with Gasteiger partial charge in [-0.05, 0) is 24.6 Å². The maximum absolute atomic E-state index is 5.28. The van der Waals surface area contributed by atoms with Crippen molar-refractivity contribution in [3.8, 4) is 0 Å². The largest absolute Gasteiger partial charge is 0.391 e. The molecule has 0 saturated carbocycles. The molecule has 0 fully saturated rings. The van der Waals surface area contributed by atoms with Gasteiger partial charge in [0.2, 0.25) is 0 Å². The molecule has 17 heavy (non-hydrogen) atoms. The van der Waals surface area contributed by atoms with Crippen molar-refractivity contribution in [3.05, 3.63) is 66.0 Å². The highest BCUT2D eigenvalue weighted by molar-refractivity contribution is 5.96. The van der Waals surface area contributed by atoms with Gasteiger partial charge in [0.05, 0.1) is 5.69 Å². The van der Waals surface area contributed by atoms with E-state index in [4.69, 9.17) is 4.84 Å². The molecule has 0 radical (unpaired) electrons.